The molecule has 2 heterocycles. The van der Waals surface area contributed by atoms with Gasteiger partial charge in [-0.25, -0.2) is 8.78 Å². The number of aryl methyl sites for hydroxylation is 1. The molecule has 1 N–H and O–H groups in total. The molecule has 4 nitrogen and oxygen atoms in total. The Morgan fingerprint density at radius 1 is 1.06 bits per heavy atom. The van der Waals surface area contributed by atoms with Gasteiger partial charge in [-0.05, 0) is 54.3 Å². The summed E-state index contributed by atoms with van der Waals surface area (Å²) < 4.78 is 27.2. The Kier molecular flexibility index (Phi) is 6.37. The summed E-state index contributed by atoms with van der Waals surface area (Å²) in [5.41, 5.74) is 4.30. The zero-order valence-corrected chi connectivity index (χ0v) is 17.4. The first-order valence-electron chi connectivity index (χ1n) is 10.5. The van der Waals surface area contributed by atoms with Gasteiger partial charge in [-0.1, -0.05) is 36.4 Å². The third kappa shape index (κ3) is 5.14. The predicted octanol–water partition coefficient (Wildman–Crippen LogP) is 4.13. The molecule has 2 aromatic carbocycles. The van der Waals surface area contributed by atoms with E-state index in [1.807, 2.05) is 49.4 Å². The summed E-state index contributed by atoms with van der Waals surface area (Å²) in [6, 6.07) is 17.5. The molecule has 1 unspecified atom stereocenters. The van der Waals surface area contributed by atoms with Gasteiger partial charge in [-0.15, -0.1) is 0 Å². The largest absolute Gasteiger partial charge is 0.355 e. The number of hydrogen-bond donors (Lipinski definition) is 1. The number of aromatic nitrogens is 1. The first-order valence-corrected chi connectivity index (χ1v) is 10.5. The lowest BCUT2D eigenvalue weighted by atomic mass is 9.91. The van der Waals surface area contributed by atoms with E-state index in [-0.39, 0.29) is 11.8 Å². The van der Waals surface area contributed by atoms with E-state index in [0.717, 1.165) is 35.1 Å². The number of carbonyl (C=O) groups excluding carboxylic acids is 1. The van der Waals surface area contributed by atoms with Crippen LogP contribution in [-0.4, -0.2) is 35.4 Å². The van der Waals surface area contributed by atoms with Gasteiger partial charge in [-0.3, -0.25) is 14.7 Å². The topological polar surface area (TPSA) is 45.2 Å². The summed E-state index contributed by atoms with van der Waals surface area (Å²) in [6.07, 6.45) is 0.513. The Labute approximate surface area is 180 Å². The summed E-state index contributed by atoms with van der Waals surface area (Å²) >= 11 is 0. The highest BCUT2D eigenvalue weighted by Crippen LogP contribution is 2.28. The molecule has 4 rings (SSSR count). The van der Waals surface area contributed by atoms with Crippen molar-refractivity contribution in [2.75, 3.05) is 19.6 Å². The van der Waals surface area contributed by atoms with Gasteiger partial charge >= 0.3 is 0 Å². The van der Waals surface area contributed by atoms with Gasteiger partial charge in [0, 0.05) is 31.9 Å². The molecule has 1 aliphatic heterocycles. The number of carbonyl (C=O) groups is 1. The normalized spacial score (nSPS) is 17.3. The number of benzene rings is 2. The number of amides is 1. The lowest BCUT2D eigenvalue weighted by Crippen LogP contribution is -2.33. The third-order valence-corrected chi connectivity index (χ3v) is 5.62. The fourth-order valence-corrected chi connectivity index (χ4v) is 4.09. The average molecular weight is 421 g/mol. The fraction of sp³-hybridized carbons (Fsp3) is 0.280. The highest BCUT2D eigenvalue weighted by molar-refractivity contribution is 5.80. The van der Waals surface area contributed by atoms with Crippen molar-refractivity contribution in [2.24, 2.45) is 5.92 Å². The zero-order chi connectivity index (χ0) is 21.8. The van der Waals surface area contributed by atoms with Crippen molar-refractivity contribution in [1.82, 2.24) is 15.2 Å². The number of pyridine rings is 1. The second-order valence-corrected chi connectivity index (χ2v) is 7.98. The van der Waals surface area contributed by atoms with Crippen molar-refractivity contribution in [3.63, 3.8) is 0 Å². The fourth-order valence-electron chi connectivity index (χ4n) is 4.09. The molecule has 1 amide bonds. The van der Waals surface area contributed by atoms with E-state index < -0.39 is 11.6 Å². The molecular formula is C25H25F2N3O. The molecule has 6 heteroatoms. The molecule has 1 fully saturated rings. The average Bonchev–Trinajstić information content (AvgIpc) is 2.92. The first-order chi connectivity index (χ1) is 15.0. The highest BCUT2D eigenvalue weighted by atomic mass is 19.2. The van der Waals surface area contributed by atoms with E-state index in [0.29, 0.717) is 31.6 Å². The number of nitrogens with one attached hydrogen (secondary N) is 1. The molecule has 3 aromatic rings. The van der Waals surface area contributed by atoms with E-state index in [9.17, 15) is 13.6 Å². The standard InChI is InChI=1S/C25H25F2N3O/c1-17-5-4-7-21(29-17)16-30-12-11-28-25(31)20(15-30)13-18-6-2-3-8-22(18)19-9-10-23(26)24(27)14-19/h2-10,14,20H,11-13,15-16H2,1H3,(H,28,31). The minimum Gasteiger partial charge on any atom is -0.355 e. The van der Waals surface area contributed by atoms with Crippen LogP contribution in [0.1, 0.15) is 17.0 Å². The van der Waals surface area contributed by atoms with Crippen molar-refractivity contribution in [3.8, 4) is 11.1 Å². The molecule has 1 aliphatic rings. The molecule has 0 spiro atoms. The van der Waals surface area contributed by atoms with Crippen molar-refractivity contribution in [2.45, 2.75) is 19.9 Å². The van der Waals surface area contributed by atoms with Gasteiger partial charge in [0.2, 0.25) is 5.91 Å². The number of hydrogen-bond acceptors (Lipinski definition) is 3. The van der Waals surface area contributed by atoms with E-state index in [2.05, 4.69) is 15.2 Å². The van der Waals surface area contributed by atoms with Gasteiger partial charge in [0.1, 0.15) is 0 Å². The van der Waals surface area contributed by atoms with Crippen molar-refractivity contribution >= 4 is 5.91 Å². The Hall–Kier alpha value is -3.12. The minimum atomic E-state index is -0.878. The van der Waals surface area contributed by atoms with Crippen LogP contribution >= 0.6 is 0 Å². The number of rotatable bonds is 5. The van der Waals surface area contributed by atoms with Gasteiger partial charge in [0.25, 0.3) is 0 Å². The van der Waals surface area contributed by atoms with E-state index in [4.69, 9.17) is 0 Å². The van der Waals surface area contributed by atoms with E-state index >= 15 is 0 Å². The molecule has 0 bridgehead atoms. The van der Waals surface area contributed by atoms with Crippen LogP contribution in [0.2, 0.25) is 0 Å². The van der Waals surface area contributed by atoms with Crippen molar-refractivity contribution in [3.05, 3.63) is 89.2 Å². The Morgan fingerprint density at radius 3 is 2.71 bits per heavy atom. The molecular weight excluding hydrogens is 396 g/mol. The van der Waals surface area contributed by atoms with E-state index in [1.54, 1.807) is 6.07 Å². The quantitative estimate of drug-likeness (QED) is 0.674. The maximum atomic E-state index is 13.8. The second-order valence-electron chi connectivity index (χ2n) is 7.98. The predicted molar refractivity (Wildman–Crippen MR) is 116 cm³/mol. The number of nitrogens with zero attached hydrogens (tertiary/aromatic N) is 2. The van der Waals surface area contributed by atoms with Gasteiger partial charge in [-0.2, -0.15) is 0 Å². The van der Waals surface area contributed by atoms with E-state index in [1.165, 1.54) is 6.07 Å². The SMILES string of the molecule is Cc1cccc(CN2CCNC(=O)C(Cc3ccccc3-c3ccc(F)c(F)c3)C2)n1. The Morgan fingerprint density at radius 2 is 1.90 bits per heavy atom. The summed E-state index contributed by atoms with van der Waals surface area (Å²) in [5.74, 6) is -1.99. The smallest absolute Gasteiger partial charge is 0.224 e. The Bertz CT molecular complexity index is 1090. The van der Waals surface area contributed by atoms with Crippen LogP contribution in [0, 0.1) is 24.5 Å². The van der Waals surface area contributed by atoms with Crippen LogP contribution in [0.4, 0.5) is 8.78 Å². The highest BCUT2D eigenvalue weighted by Gasteiger charge is 2.26. The van der Waals surface area contributed by atoms with Crippen LogP contribution < -0.4 is 5.32 Å². The first kappa shape index (κ1) is 21.1. The van der Waals surface area contributed by atoms with Crippen LogP contribution in [0.25, 0.3) is 11.1 Å². The van der Waals surface area contributed by atoms with Gasteiger partial charge in [0.15, 0.2) is 11.6 Å². The van der Waals surface area contributed by atoms with Crippen LogP contribution in [-0.2, 0) is 17.8 Å². The molecule has 1 saturated heterocycles. The zero-order valence-electron chi connectivity index (χ0n) is 17.4. The van der Waals surface area contributed by atoms with Gasteiger partial charge in [0.05, 0.1) is 11.6 Å². The van der Waals surface area contributed by atoms with Crippen LogP contribution in [0.3, 0.4) is 0 Å². The summed E-state index contributed by atoms with van der Waals surface area (Å²) in [4.78, 5) is 19.6. The molecule has 1 atom stereocenters. The maximum absolute atomic E-state index is 13.8. The monoisotopic (exact) mass is 421 g/mol. The Balaban J connectivity index is 1.56. The van der Waals surface area contributed by atoms with Crippen LogP contribution in [0.15, 0.2) is 60.7 Å². The minimum absolute atomic E-state index is 0.0137. The van der Waals surface area contributed by atoms with Crippen LogP contribution in [0.5, 0.6) is 0 Å². The lowest BCUT2D eigenvalue weighted by Gasteiger charge is -2.23. The second kappa shape index (κ2) is 9.35. The summed E-state index contributed by atoms with van der Waals surface area (Å²) in [5, 5.41) is 3.01. The third-order valence-electron chi connectivity index (χ3n) is 5.62. The molecule has 160 valence electrons. The van der Waals surface area contributed by atoms with Crippen molar-refractivity contribution in [1.29, 1.82) is 0 Å². The van der Waals surface area contributed by atoms with Gasteiger partial charge < -0.3 is 5.32 Å². The molecule has 0 saturated carbocycles. The molecule has 1 aromatic heterocycles. The lowest BCUT2D eigenvalue weighted by molar-refractivity contribution is -0.124. The number of halogens is 2. The maximum Gasteiger partial charge on any atom is 0.224 e. The molecule has 0 radical (unpaired) electrons. The van der Waals surface area contributed by atoms with Crippen molar-refractivity contribution < 1.29 is 13.6 Å². The summed E-state index contributed by atoms with van der Waals surface area (Å²) in [6.45, 7) is 4.59. The molecule has 0 aliphatic carbocycles. The summed E-state index contributed by atoms with van der Waals surface area (Å²) in [7, 11) is 0. The molecule has 31 heavy (non-hydrogen) atoms.